The summed E-state index contributed by atoms with van der Waals surface area (Å²) in [5.74, 6) is 2.15. The third-order valence-electron chi connectivity index (χ3n) is 4.69. The van der Waals surface area contributed by atoms with Gasteiger partial charge in [0.25, 0.3) is 0 Å². The highest BCUT2D eigenvalue weighted by Crippen LogP contribution is 2.25. The molecule has 0 spiro atoms. The van der Waals surface area contributed by atoms with Crippen LogP contribution in [0.2, 0.25) is 0 Å². The summed E-state index contributed by atoms with van der Waals surface area (Å²) in [6.07, 6.45) is 7.99. The molecule has 0 radical (unpaired) electrons. The van der Waals surface area contributed by atoms with E-state index in [0.29, 0.717) is 12.0 Å². The molecule has 6 nitrogen and oxygen atoms in total. The van der Waals surface area contributed by atoms with Crippen LogP contribution in [0.3, 0.4) is 0 Å². The SMILES string of the molecule is Cc1nc(C2CCN(C(=O)NC3CCCCC3)CC2)n[nH]1. The van der Waals surface area contributed by atoms with Crippen molar-refractivity contribution in [2.75, 3.05) is 13.1 Å². The van der Waals surface area contributed by atoms with Gasteiger partial charge in [0.2, 0.25) is 0 Å². The fourth-order valence-electron chi connectivity index (χ4n) is 3.40. The number of rotatable bonds is 2. The maximum atomic E-state index is 12.3. The van der Waals surface area contributed by atoms with Gasteiger partial charge in [0, 0.05) is 25.0 Å². The highest BCUT2D eigenvalue weighted by atomic mass is 16.2. The van der Waals surface area contributed by atoms with E-state index >= 15 is 0 Å². The van der Waals surface area contributed by atoms with Crippen molar-refractivity contribution < 1.29 is 4.79 Å². The van der Waals surface area contributed by atoms with Gasteiger partial charge in [-0.2, -0.15) is 5.10 Å². The maximum Gasteiger partial charge on any atom is 0.317 e. The number of carbonyl (C=O) groups excluding carboxylic acids is 1. The van der Waals surface area contributed by atoms with Gasteiger partial charge in [0.05, 0.1) is 0 Å². The van der Waals surface area contributed by atoms with Gasteiger partial charge in [-0.05, 0) is 32.6 Å². The van der Waals surface area contributed by atoms with Crippen LogP contribution in [0.15, 0.2) is 0 Å². The number of amides is 2. The van der Waals surface area contributed by atoms with Crippen LogP contribution in [0, 0.1) is 6.92 Å². The molecule has 2 aliphatic rings. The van der Waals surface area contributed by atoms with E-state index in [0.717, 1.165) is 50.4 Å². The maximum absolute atomic E-state index is 12.3. The van der Waals surface area contributed by atoms with Crippen LogP contribution in [-0.4, -0.2) is 45.2 Å². The third-order valence-corrected chi connectivity index (χ3v) is 4.69. The Hall–Kier alpha value is -1.59. The van der Waals surface area contributed by atoms with Crippen molar-refractivity contribution >= 4 is 6.03 Å². The van der Waals surface area contributed by atoms with E-state index in [1.54, 1.807) is 0 Å². The first-order valence-corrected chi connectivity index (χ1v) is 8.16. The number of nitrogens with zero attached hydrogens (tertiary/aromatic N) is 3. The van der Waals surface area contributed by atoms with E-state index in [2.05, 4.69) is 20.5 Å². The smallest absolute Gasteiger partial charge is 0.317 e. The summed E-state index contributed by atoms with van der Waals surface area (Å²) < 4.78 is 0. The normalized spacial score (nSPS) is 21.5. The molecule has 21 heavy (non-hydrogen) atoms. The summed E-state index contributed by atoms with van der Waals surface area (Å²) in [4.78, 5) is 18.7. The highest BCUT2D eigenvalue weighted by molar-refractivity contribution is 5.74. The summed E-state index contributed by atoms with van der Waals surface area (Å²) in [5, 5.41) is 10.3. The Balaban J connectivity index is 1.47. The summed E-state index contributed by atoms with van der Waals surface area (Å²) in [6, 6.07) is 0.506. The number of aryl methyl sites for hydroxylation is 1. The zero-order valence-corrected chi connectivity index (χ0v) is 12.8. The van der Waals surface area contributed by atoms with Crippen molar-refractivity contribution in [3.05, 3.63) is 11.6 Å². The first-order chi connectivity index (χ1) is 10.2. The summed E-state index contributed by atoms with van der Waals surface area (Å²) >= 11 is 0. The summed E-state index contributed by atoms with van der Waals surface area (Å²) in [7, 11) is 0. The van der Waals surface area contributed by atoms with Crippen LogP contribution in [-0.2, 0) is 0 Å². The molecule has 1 aromatic rings. The van der Waals surface area contributed by atoms with Gasteiger partial charge in [0.1, 0.15) is 5.82 Å². The molecule has 2 fully saturated rings. The third kappa shape index (κ3) is 3.54. The quantitative estimate of drug-likeness (QED) is 0.878. The Labute approximate surface area is 125 Å². The molecule has 0 aromatic carbocycles. The highest BCUT2D eigenvalue weighted by Gasteiger charge is 2.27. The average Bonchev–Trinajstić information content (AvgIpc) is 2.95. The molecule has 3 rings (SSSR count). The Morgan fingerprint density at radius 3 is 2.52 bits per heavy atom. The van der Waals surface area contributed by atoms with Crippen molar-refractivity contribution in [1.29, 1.82) is 0 Å². The van der Waals surface area contributed by atoms with Crippen LogP contribution < -0.4 is 5.32 Å². The molecule has 0 unspecified atom stereocenters. The standard InChI is InChI=1S/C15H25N5O/c1-11-16-14(19-18-11)12-7-9-20(10-8-12)15(21)17-13-5-3-2-4-6-13/h12-13H,2-10H2,1H3,(H,17,21)(H,16,18,19). The van der Waals surface area contributed by atoms with Crippen molar-refractivity contribution in [2.45, 2.75) is 63.8 Å². The number of nitrogens with one attached hydrogen (secondary N) is 2. The predicted octanol–water partition coefficient (Wildman–Crippen LogP) is 2.33. The van der Waals surface area contributed by atoms with E-state index in [-0.39, 0.29) is 6.03 Å². The molecule has 0 atom stereocenters. The lowest BCUT2D eigenvalue weighted by atomic mass is 9.95. The minimum atomic E-state index is 0.117. The number of H-pyrrole nitrogens is 1. The minimum absolute atomic E-state index is 0.117. The fourth-order valence-corrected chi connectivity index (χ4v) is 3.40. The molecule has 1 aliphatic heterocycles. The van der Waals surface area contributed by atoms with Gasteiger partial charge >= 0.3 is 6.03 Å². The van der Waals surface area contributed by atoms with Crippen molar-refractivity contribution in [1.82, 2.24) is 25.4 Å². The Kier molecular flexibility index (Phi) is 4.41. The van der Waals surface area contributed by atoms with Crippen LogP contribution in [0.1, 0.15) is 62.5 Å². The largest absolute Gasteiger partial charge is 0.335 e. The van der Waals surface area contributed by atoms with Crippen molar-refractivity contribution in [2.24, 2.45) is 0 Å². The summed E-state index contributed by atoms with van der Waals surface area (Å²) in [5.41, 5.74) is 0. The van der Waals surface area contributed by atoms with E-state index in [4.69, 9.17) is 0 Å². The number of piperidine rings is 1. The number of urea groups is 1. The zero-order valence-electron chi connectivity index (χ0n) is 12.8. The van der Waals surface area contributed by atoms with E-state index in [9.17, 15) is 4.79 Å². The van der Waals surface area contributed by atoms with E-state index in [1.165, 1.54) is 19.3 Å². The van der Waals surface area contributed by atoms with Gasteiger partial charge in [-0.3, -0.25) is 5.10 Å². The van der Waals surface area contributed by atoms with Gasteiger partial charge < -0.3 is 10.2 Å². The molecular weight excluding hydrogens is 266 g/mol. The van der Waals surface area contributed by atoms with E-state index < -0.39 is 0 Å². The number of carbonyl (C=O) groups is 1. The lowest BCUT2D eigenvalue weighted by molar-refractivity contribution is 0.173. The van der Waals surface area contributed by atoms with E-state index in [1.807, 2.05) is 11.8 Å². The lowest BCUT2D eigenvalue weighted by Crippen LogP contribution is -2.48. The molecule has 2 heterocycles. The monoisotopic (exact) mass is 291 g/mol. The van der Waals surface area contributed by atoms with Crippen LogP contribution in [0.25, 0.3) is 0 Å². The van der Waals surface area contributed by atoms with Crippen LogP contribution >= 0.6 is 0 Å². The second-order valence-electron chi connectivity index (χ2n) is 6.32. The molecule has 2 amide bonds. The number of aromatic amines is 1. The second-order valence-corrected chi connectivity index (χ2v) is 6.32. The van der Waals surface area contributed by atoms with Crippen LogP contribution in [0.4, 0.5) is 4.79 Å². The number of aromatic nitrogens is 3. The molecule has 2 N–H and O–H groups in total. The molecule has 0 bridgehead atoms. The second kappa shape index (κ2) is 6.45. The zero-order chi connectivity index (χ0) is 14.7. The number of likely N-dealkylation sites (tertiary alicyclic amines) is 1. The fraction of sp³-hybridized carbons (Fsp3) is 0.800. The Bertz CT molecular complexity index is 472. The van der Waals surface area contributed by atoms with Gasteiger partial charge in [0.15, 0.2) is 5.82 Å². The molecule has 116 valence electrons. The molecule has 6 heteroatoms. The Morgan fingerprint density at radius 2 is 1.90 bits per heavy atom. The molecule has 1 aromatic heterocycles. The lowest BCUT2D eigenvalue weighted by Gasteiger charge is -2.33. The first kappa shape index (κ1) is 14.4. The Morgan fingerprint density at radius 1 is 1.19 bits per heavy atom. The van der Waals surface area contributed by atoms with Gasteiger partial charge in [-0.25, -0.2) is 9.78 Å². The van der Waals surface area contributed by atoms with Gasteiger partial charge in [-0.1, -0.05) is 19.3 Å². The molecule has 1 aliphatic carbocycles. The van der Waals surface area contributed by atoms with Gasteiger partial charge in [-0.15, -0.1) is 0 Å². The minimum Gasteiger partial charge on any atom is -0.335 e. The number of hydrogen-bond donors (Lipinski definition) is 2. The first-order valence-electron chi connectivity index (χ1n) is 8.16. The average molecular weight is 291 g/mol. The predicted molar refractivity (Wildman–Crippen MR) is 80.1 cm³/mol. The molecule has 1 saturated carbocycles. The van der Waals surface area contributed by atoms with Crippen molar-refractivity contribution in [3.63, 3.8) is 0 Å². The summed E-state index contributed by atoms with van der Waals surface area (Å²) in [6.45, 7) is 3.52. The van der Waals surface area contributed by atoms with Crippen molar-refractivity contribution in [3.8, 4) is 0 Å². The molecular formula is C15H25N5O. The topological polar surface area (TPSA) is 73.9 Å². The number of hydrogen-bond acceptors (Lipinski definition) is 3. The molecule has 1 saturated heterocycles. The van der Waals surface area contributed by atoms with Crippen LogP contribution in [0.5, 0.6) is 0 Å².